The molecule has 2 aromatic carbocycles. The van der Waals surface area contributed by atoms with Crippen molar-refractivity contribution in [2.24, 2.45) is 4.99 Å². The van der Waals surface area contributed by atoms with Gasteiger partial charge in [0.1, 0.15) is 11.9 Å². The number of rotatable bonds is 1. The van der Waals surface area contributed by atoms with Crippen LogP contribution in [-0.4, -0.2) is 21.0 Å². The van der Waals surface area contributed by atoms with E-state index in [0.29, 0.717) is 5.02 Å². The number of aromatic nitrogens is 3. The molecule has 23 heavy (non-hydrogen) atoms. The largest absolute Gasteiger partial charge is 0.280 e. The molecule has 1 unspecified atom stereocenters. The van der Waals surface area contributed by atoms with Crippen molar-refractivity contribution >= 4 is 40.4 Å². The number of fused-ring (bicyclic) bond motifs is 3. The van der Waals surface area contributed by atoms with E-state index in [1.165, 1.54) is 0 Å². The molecule has 0 saturated heterocycles. The van der Waals surface area contributed by atoms with E-state index in [1.54, 1.807) is 0 Å². The number of halogens is 2. The number of hydrogen-bond acceptors (Lipinski definition) is 3. The van der Waals surface area contributed by atoms with E-state index >= 15 is 0 Å². The molecule has 4 nitrogen and oxygen atoms in total. The third-order valence-electron chi connectivity index (χ3n) is 3.89. The Kier molecular flexibility index (Phi) is 3.69. The summed E-state index contributed by atoms with van der Waals surface area (Å²) in [5, 5.41) is 9.32. The standard InChI is InChI=1S/C17H12ClIN4/c1-10-21-22-17-16(13-4-2-3-5-14(13)18)20-9-11-8-12(19)6-7-15(11)23(10)17/h2-9,16H,1H3. The van der Waals surface area contributed by atoms with Crippen LogP contribution < -0.4 is 0 Å². The van der Waals surface area contributed by atoms with E-state index in [-0.39, 0.29) is 6.04 Å². The lowest BCUT2D eigenvalue weighted by atomic mass is 10.1. The van der Waals surface area contributed by atoms with Gasteiger partial charge in [-0.25, -0.2) is 0 Å². The molecule has 0 fully saturated rings. The van der Waals surface area contributed by atoms with Crippen LogP contribution in [0.25, 0.3) is 5.69 Å². The minimum Gasteiger partial charge on any atom is -0.280 e. The molecule has 114 valence electrons. The zero-order valence-corrected chi connectivity index (χ0v) is 15.2. The Bertz CT molecular complexity index is 932. The zero-order valence-electron chi connectivity index (χ0n) is 12.2. The Balaban J connectivity index is 1.99. The Morgan fingerprint density at radius 2 is 1.96 bits per heavy atom. The van der Waals surface area contributed by atoms with Gasteiger partial charge in [-0.05, 0) is 53.8 Å². The van der Waals surface area contributed by atoms with Crippen LogP contribution >= 0.6 is 34.2 Å². The molecule has 1 aromatic heterocycles. The van der Waals surface area contributed by atoms with E-state index < -0.39 is 0 Å². The SMILES string of the molecule is Cc1nnc2n1-c1ccc(I)cc1C=NC2c1ccccc1Cl. The lowest BCUT2D eigenvalue weighted by molar-refractivity contribution is 0.760. The van der Waals surface area contributed by atoms with Gasteiger partial charge < -0.3 is 0 Å². The van der Waals surface area contributed by atoms with Gasteiger partial charge in [0, 0.05) is 25.9 Å². The Labute approximate surface area is 152 Å². The lowest BCUT2D eigenvalue weighted by Crippen LogP contribution is -2.08. The Morgan fingerprint density at radius 1 is 1.13 bits per heavy atom. The molecule has 0 bridgehead atoms. The molecule has 1 aliphatic rings. The predicted molar refractivity (Wildman–Crippen MR) is 99.7 cm³/mol. The van der Waals surface area contributed by atoms with E-state index in [1.807, 2.05) is 37.4 Å². The van der Waals surface area contributed by atoms with Crippen LogP contribution in [0.15, 0.2) is 47.5 Å². The second-order valence-electron chi connectivity index (χ2n) is 5.35. The molecule has 0 N–H and O–H groups in total. The first kappa shape index (κ1) is 14.8. The molecule has 4 rings (SSSR count). The van der Waals surface area contributed by atoms with Crippen molar-refractivity contribution in [1.82, 2.24) is 14.8 Å². The van der Waals surface area contributed by atoms with Crippen LogP contribution in [0.4, 0.5) is 0 Å². The van der Waals surface area contributed by atoms with E-state index in [4.69, 9.17) is 16.6 Å². The maximum atomic E-state index is 6.39. The summed E-state index contributed by atoms with van der Waals surface area (Å²) >= 11 is 8.69. The molecule has 1 aliphatic heterocycles. The highest BCUT2D eigenvalue weighted by Gasteiger charge is 2.26. The zero-order chi connectivity index (χ0) is 16.0. The number of aryl methyl sites for hydroxylation is 1. The average Bonchev–Trinajstić information content (AvgIpc) is 2.83. The van der Waals surface area contributed by atoms with Gasteiger partial charge in [-0.15, -0.1) is 10.2 Å². The second kappa shape index (κ2) is 5.72. The molecule has 1 atom stereocenters. The highest BCUT2D eigenvalue weighted by molar-refractivity contribution is 14.1. The highest BCUT2D eigenvalue weighted by atomic mass is 127. The van der Waals surface area contributed by atoms with E-state index in [2.05, 4.69) is 55.6 Å². The number of aliphatic imine (C=N–C) groups is 1. The van der Waals surface area contributed by atoms with Crippen molar-refractivity contribution in [2.45, 2.75) is 13.0 Å². The summed E-state index contributed by atoms with van der Waals surface area (Å²) in [5.41, 5.74) is 3.03. The van der Waals surface area contributed by atoms with Gasteiger partial charge in [-0.1, -0.05) is 29.8 Å². The van der Waals surface area contributed by atoms with Crippen LogP contribution in [0.3, 0.4) is 0 Å². The quantitative estimate of drug-likeness (QED) is 0.534. The monoisotopic (exact) mass is 434 g/mol. The van der Waals surface area contributed by atoms with Crippen LogP contribution in [0.1, 0.15) is 28.8 Å². The highest BCUT2D eigenvalue weighted by Crippen LogP contribution is 2.34. The number of nitrogens with zero attached hydrogens (tertiary/aromatic N) is 4. The molecule has 0 saturated carbocycles. The maximum absolute atomic E-state index is 6.39. The average molecular weight is 435 g/mol. The van der Waals surface area contributed by atoms with Crippen LogP contribution in [0.5, 0.6) is 0 Å². The molecule has 0 spiro atoms. The second-order valence-corrected chi connectivity index (χ2v) is 7.00. The summed E-state index contributed by atoms with van der Waals surface area (Å²) in [6, 6.07) is 13.7. The van der Waals surface area contributed by atoms with Crippen molar-refractivity contribution in [3.8, 4) is 5.69 Å². The fourth-order valence-electron chi connectivity index (χ4n) is 2.82. The minimum absolute atomic E-state index is 0.269. The van der Waals surface area contributed by atoms with Crippen molar-refractivity contribution in [3.63, 3.8) is 0 Å². The summed E-state index contributed by atoms with van der Waals surface area (Å²) in [7, 11) is 0. The van der Waals surface area contributed by atoms with Gasteiger partial charge in [0.2, 0.25) is 0 Å². The first-order valence-corrected chi connectivity index (χ1v) is 8.60. The van der Waals surface area contributed by atoms with Gasteiger partial charge in [0.25, 0.3) is 0 Å². The maximum Gasteiger partial charge on any atom is 0.167 e. The fraction of sp³-hybridized carbons (Fsp3) is 0.118. The molecule has 3 aromatic rings. The third kappa shape index (κ3) is 2.48. The normalized spacial score (nSPS) is 15.9. The summed E-state index contributed by atoms with van der Waals surface area (Å²) in [6.45, 7) is 1.95. The van der Waals surface area contributed by atoms with Crippen molar-refractivity contribution in [2.75, 3.05) is 0 Å². The fourth-order valence-corrected chi connectivity index (χ4v) is 3.58. The molecule has 0 radical (unpaired) electrons. The van der Waals surface area contributed by atoms with Crippen LogP contribution in [-0.2, 0) is 0 Å². The first-order chi connectivity index (χ1) is 11.1. The first-order valence-electron chi connectivity index (χ1n) is 7.14. The van der Waals surface area contributed by atoms with Crippen LogP contribution in [0.2, 0.25) is 5.02 Å². The summed E-state index contributed by atoms with van der Waals surface area (Å²) in [6.07, 6.45) is 1.90. The van der Waals surface area contributed by atoms with Gasteiger partial charge in [0.05, 0.1) is 5.69 Å². The van der Waals surface area contributed by atoms with Crippen molar-refractivity contribution < 1.29 is 0 Å². The van der Waals surface area contributed by atoms with Gasteiger partial charge >= 0.3 is 0 Å². The number of hydrogen-bond donors (Lipinski definition) is 0. The Morgan fingerprint density at radius 3 is 2.78 bits per heavy atom. The van der Waals surface area contributed by atoms with E-state index in [9.17, 15) is 0 Å². The van der Waals surface area contributed by atoms with E-state index in [0.717, 1.165) is 32.0 Å². The van der Waals surface area contributed by atoms with Crippen molar-refractivity contribution in [1.29, 1.82) is 0 Å². The summed E-state index contributed by atoms with van der Waals surface area (Å²) in [5.74, 6) is 1.62. The topological polar surface area (TPSA) is 43.1 Å². The minimum atomic E-state index is -0.269. The molecule has 0 aliphatic carbocycles. The Hall–Kier alpha value is -1.73. The smallest absolute Gasteiger partial charge is 0.167 e. The van der Waals surface area contributed by atoms with Crippen LogP contribution in [0, 0.1) is 10.5 Å². The van der Waals surface area contributed by atoms with Gasteiger partial charge in [0.15, 0.2) is 5.82 Å². The summed E-state index contributed by atoms with van der Waals surface area (Å²) < 4.78 is 3.23. The van der Waals surface area contributed by atoms with Gasteiger partial charge in [-0.3, -0.25) is 9.56 Å². The van der Waals surface area contributed by atoms with Crippen molar-refractivity contribution in [3.05, 3.63) is 73.8 Å². The van der Waals surface area contributed by atoms with Gasteiger partial charge in [-0.2, -0.15) is 0 Å². The molecule has 2 heterocycles. The molecule has 0 amide bonds. The third-order valence-corrected chi connectivity index (χ3v) is 4.90. The number of benzene rings is 2. The summed E-state index contributed by atoms with van der Waals surface area (Å²) in [4.78, 5) is 4.76. The molecular formula is C17H12ClIN4. The molecule has 6 heteroatoms. The predicted octanol–water partition coefficient (Wildman–Crippen LogP) is 4.36. The molecular weight excluding hydrogens is 423 g/mol. The lowest BCUT2D eigenvalue weighted by Gasteiger charge is -2.14.